The van der Waals surface area contributed by atoms with E-state index in [1.54, 1.807) is 12.1 Å². The normalized spacial score (nSPS) is 10.9. The molecular formula is C12H10Cl2O2. The lowest BCUT2D eigenvalue weighted by Gasteiger charge is -1.93. The highest BCUT2D eigenvalue weighted by molar-refractivity contribution is 6.34. The molecule has 2 aromatic rings. The van der Waals surface area contributed by atoms with Crippen LogP contribution >= 0.6 is 23.2 Å². The molecule has 0 atom stereocenters. The number of carbonyl (C=O) groups is 1. The van der Waals surface area contributed by atoms with Gasteiger partial charge in [-0.3, -0.25) is 4.79 Å². The maximum Gasteiger partial charge on any atom is 0.198 e. The number of furan rings is 1. The molecule has 84 valence electrons. The number of fused-ring (bicyclic) bond motifs is 1. The number of halogens is 2. The molecule has 2 rings (SSSR count). The average molecular weight is 257 g/mol. The molecule has 1 heterocycles. The maximum absolute atomic E-state index is 11.7. The van der Waals surface area contributed by atoms with Crippen molar-refractivity contribution in [3.8, 4) is 0 Å². The number of hydrogen-bond donors (Lipinski definition) is 0. The highest BCUT2D eigenvalue weighted by Gasteiger charge is 2.13. The number of benzene rings is 1. The van der Waals surface area contributed by atoms with E-state index in [-0.39, 0.29) is 5.78 Å². The molecule has 0 radical (unpaired) electrons. The highest BCUT2D eigenvalue weighted by atomic mass is 35.5. The van der Waals surface area contributed by atoms with Gasteiger partial charge in [-0.15, -0.1) is 11.6 Å². The summed E-state index contributed by atoms with van der Waals surface area (Å²) in [6.07, 6.45) is 1.06. The van der Waals surface area contributed by atoms with Crippen molar-refractivity contribution < 1.29 is 9.21 Å². The van der Waals surface area contributed by atoms with Crippen LogP contribution in [-0.4, -0.2) is 11.7 Å². The van der Waals surface area contributed by atoms with Crippen molar-refractivity contribution in [2.75, 3.05) is 5.88 Å². The topological polar surface area (TPSA) is 30.2 Å². The molecule has 0 N–H and O–H groups in total. The number of para-hydroxylation sites is 1. The molecule has 16 heavy (non-hydrogen) atoms. The van der Waals surface area contributed by atoms with Gasteiger partial charge in [0.2, 0.25) is 0 Å². The van der Waals surface area contributed by atoms with Crippen molar-refractivity contribution in [1.82, 2.24) is 0 Å². The molecule has 0 aliphatic carbocycles. The van der Waals surface area contributed by atoms with Crippen molar-refractivity contribution in [3.63, 3.8) is 0 Å². The summed E-state index contributed by atoms with van der Waals surface area (Å²) in [4.78, 5) is 11.7. The Kier molecular flexibility index (Phi) is 3.52. The van der Waals surface area contributed by atoms with Crippen LogP contribution in [0, 0.1) is 0 Å². The standard InChI is InChI=1S/C12H10Cl2O2/c13-6-2-5-10(15)11-7-8-3-1-4-9(14)12(8)16-11/h1,3-4,7H,2,5-6H2. The zero-order valence-electron chi connectivity index (χ0n) is 8.50. The SMILES string of the molecule is O=C(CCCCl)c1cc2cccc(Cl)c2o1. The summed E-state index contributed by atoms with van der Waals surface area (Å²) in [7, 11) is 0. The van der Waals surface area contributed by atoms with Gasteiger partial charge in [0.1, 0.15) is 0 Å². The number of alkyl halides is 1. The lowest BCUT2D eigenvalue weighted by molar-refractivity contribution is 0.0957. The van der Waals surface area contributed by atoms with Gasteiger partial charge in [-0.2, -0.15) is 0 Å². The molecule has 0 amide bonds. The van der Waals surface area contributed by atoms with E-state index in [1.807, 2.05) is 12.1 Å². The molecule has 1 aromatic carbocycles. The van der Waals surface area contributed by atoms with Gasteiger partial charge in [-0.25, -0.2) is 0 Å². The van der Waals surface area contributed by atoms with E-state index >= 15 is 0 Å². The van der Waals surface area contributed by atoms with Gasteiger partial charge in [-0.1, -0.05) is 23.7 Å². The first-order valence-electron chi connectivity index (χ1n) is 4.99. The Morgan fingerprint density at radius 1 is 1.38 bits per heavy atom. The van der Waals surface area contributed by atoms with E-state index in [0.717, 1.165) is 5.39 Å². The van der Waals surface area contributed by atoms with E-state index in [1.165, 1.54) is 0 Å². The third-order valence-electron chi connectivity index (χ3n) is 2.31. The largest absolute Gasteiger partial charge is 0.451 e. The van der Waals surface area contributed by atoms with E-state index < -0.39 is 0 Å². The second-order valence-corrected chi connectivity index (χ2v) is 4.27. The van der Waals surface area contributed by atoms with Crippen molar-refractivity contribution >= 4 is 40.0 Å². The average Bonchev–Trinajstić information content (AvgIpc) is 2.71. The van der Waals surface area contributed by atoms with Gasteiger partial charge in [0.15, 0.2) is 17.1 Å². The minimum Gasteiger partial charge on any atom is -0.451 e. The number of ketones is 1. The van der Waals surface area contributed by atoms with Crippen LogP contribution in [0.2, 0.25) is 5.02 Å². The molecule has 0 unspecified atom stereocenters. The quantitative estimate of drug-likeness (QED) is 0.604. The molecule has 0 saturated heterocycles. The molecule has 0 aliphatic rings. The lowest BCUT2D eigenvalue weighted by atomic mass is 10.2. The highest BCUT2D eigenvalue weighted by Crippen LogP contribution is 2.27. The molecule has 0 saturated carbocycles. The van der Waals surface area contributed by atoms with Gasteiger partial charge in [0, 0.05) is 17.7 Å². The fourth-order valence-electron chi connectivity index (χ4n) is 1.52. The Hall–Kier alpha value is -0.990. The Morgan fingerprint density at radius 3 is 2.88 bits per heavy atom. The second kappa shape index (κ2) is 4.89. The number of Topliss-reactive ketones (excluding diaryl/α,β-unsaturated/α-hetero) is 1. The molecule has 0 aliphatic heterocycles. The number of carbonyl (C=O) groups excluding carboxylic acids is 1. The van der Waals surface area contributed by atoms with Crippen molar-refractivity contribution in [1.29, 1.82) is 0 Å². The summed E-state index contributed by atoms with van der Waals surface area (Å²) in [5.74, 6) is 0.799. The second-order valence-electron chi connectivity index (χ2n) is 3.48. The summed E-state index contributed by atoms with van der Waals surface area (Å²) >= 11 is 11.5. The lowest BCUT2D eigenvalue weighted by Crippen LogP contribution is -1.96. The molecule has 0 spiro atoms. The first-order chi connectivity index (χ1) is 7.72. The van der Waals surface area contributed by atoms with Crippen molar-refractivity contribution in [2.24, 2.45) is 0 Å². The molecule has 1 aromatic heterocycles. The summed E-state index contributed by atoms with van der Waals surface area (Å²) in [6, 6.07) is 7.15. The van der Waals surface area contributed by atoms with Crippen LogP contribution in [0.5, 0.6) is 0 Å². The number of hydrogen-bond acceptors (Lipinski definition) is 2. The van der Waals surface area contributed by atoms with Gasteiger partial charge in [0.05, 0.1) is 5.02 Å². The molecule has 4 heteroatoms. The minimum absolute atomic E-state index is 0.0343. The van der Waals surface area contributed by atoms with Gasteiger partial charge < -0.3 is 4.42 Å². The summed E-state index contributed by atoms with van der Waals surface area (Å²) in [5, 5.41) is 1.37. The summed E-state index contributed by atoms with van der Waals surface area (Å²) < 4.78 is 5.43. The van der Waals surface area contributed by atoms with Crippen LogP contribution < -0.4 is 0 Å². The maximum atomic E-state index is 11.7. The fourth-order valence-corrected chi connectivity index (χ4v) is 1.87. The third kappa shape index (κ3) is 2.23. The molecule has 0 bridgehead atoms. The monoisotopic (exact) mass is 256 g/mol. The van der Waals surface area contributed by atoms with E-state index in [0.29, 0.717) is 35.1 Å². The predicted octanol–water partition coefficient (Wildman–Crippen LogP) is 4.29. The molecule has 2 nitrogen and oxygen atoms in total. The van der Waals surface area contributed by atoms with Crippen LogP contribution in [-0.2, 0) is 0 Å². The number of rotatable bonds is 4. The Bertz CT molecular complexity index is 517. The van der Waals surface area contributed by atoms with E-state index in [2.05, 4.69) is 0 Å². The van der Waals surface area contributed by atoms with Crippen LogP contribution in [0.25, 0.3) is 11.0 Å². The van der Waals surface area contributed by atoms with E-state index in [4.69, 9.17) is 27.6 Å². The predicted molar refractivity (Wildman–Crippen MR) is 65.5 cm³/mol. The smallest absolute Gasteiger partial charge is 0.198 e. The van der Waals surface area contributed by atoms with Crippen molar-refractivity contribution in [2.45, 2.75) is 12.8 Å². The Balaban J connectivity index is 2.32. The Labute approximate surface area is 103 Å². The first-order valence-corrected chi connectivity index (χ1v) is 5.91. The summed E-state index contributed by atoms with van der Waals surface area (Å²) in [5.41, 5.74) is 0.568. The van der Waals surface area contributed by atoms with Crippen LogP contribution in [0.3, 0.4) is 0 Å². The fraction of sp³-hybridized carbons (Fsp3) is 0.250. The molecular weight excluding hydrogens is 247 g/mol. The van der Waals surface area contributed by atoms with Gasteiger partial charge in [-0.05, 0) is 18.6 Å². The van der Waals surface area contributed by atoms with Gasteiger partial charge >= 0.3 is 0 Å². The van der Waals surface area contributed by atoms with Crippen LogP contribution in [0.15, 0.2) is 28.7 Å². The minimum atomic E-state index is -0.0343. The summed E-state index contributed by atoms with van der Waals surface area (Å²) in [6.45, 7) is 0. The van der Waals surface area contributed by atoms with Crippen LogP contribution in [0.1, 0.15) is 23.4 Å². The third-order valence-corrected chi connectivity index (χ3v) is 2.87. The van der Waals surface area contributed by atoms with Crippen LogP contribution in [0.4, 0.5) is 0 Å². The zero-order valence-corrected chi connectivity index (χ0v) is 10.0. The molecule has 0 fully saturated rings. The Morgan fingerprint density at radius 2 is 2.19 bits per heavy atom. The zero-order chi connectivity index (χ0) is 11.5. The first kappa shape index (κ1) is 11.5. The van der Waals surface area contributed by atoms with Gasteiger partial charge in [0.25, 0.3) is 0 Å². The van der Waals surface area contributed by atoms with Crippen molar-refractivity contribution in [3.05, 3.63) is 35.0 Å². The van der Waals surface area contributed by atoms with E-state index in [9.17, 15) is 4.79 Å².